The summed E-state index contributed by atoms with van der Waals surface area (Å²) in [6, 6.07) is 9.41. The highest BCUT2D eigenvalue weighted by atomic mass is 35.5. The molecule has 0 fully saturated rings. The summed E-state index contributed by atoms with van der Waals surface area (Å²) in [7, 11) is 3.80. The van der Waals surface area contributed by atoms with Crippen LogP contribution in [0.4, 0.5) is 11.6 Å². The van der Waals surface area contributed by atoms with Crippen LogP contribution in [0.25, 0.3) is 27.9 Å². The second kappa shape index (κ2) is 9.21. The Morgan fingerprint density at radius 2 is 1.85 bits per heavy atom. The Labute approximate surface area is 202 Å². The molecule has 2 aromatic carbocycles. The molecule has 8 heteroatoms. The first kappa shape index (κ1) is 23.4. The molecular weight excluding hydrogens is 457 g/mol. The second-order valence-corrected chi connectivity index (χ2v) is 9.30. The van der Waals surface area contributed by atoms with Gasteiger partial charge in [0.2, 0.25) is 5.95 Å². The SMILES string of the molecule is CNC(C=Cc1[nH]c(=O)c2c(ccc3nc(Nc4c(Cl)cccc4Cl)n(C)c32)c1C)C(C)C. The number of aromatic amines is 1. The number of hydrogen-bond acceptors (Lipinski definition) is 4. The van der Waals surface area contributed by atoms with Gasteiger partial charge < -0.3 is 20.2 Å². The minimum atomic E-state index is -0.156. The molecule has 0 aliphatic heterocycles. The van der Waals surface area contributed by atoms with E-state index in [1.807, 2.05) is 43.8 Å². The van der Waals surface area contributed by atoms with Gasteiger partial charge in [0.15, 0.2) is 0 Å². The molecule has 0 saturated carbocycles. The van der Waals surface area contributed by atoms with Crippen LogP contribution in [0.1, 0.15) is 25.1 Å². The summed E-state index contributed by atoms with van der Waals surface area (Å²) in [6.07, 6.45) is 4.07. The lowest BCUT2D eigenvalue weighted by Gasteiger charge is -2.16. The number of nitrogens with zero attached hydrogens (tertiary/aromatic N) is 2. The zero-order chi connectivity index (χ0) is 23.9. The van der Waals surface area contributed by atoms with Crippen LogP contribution in [0.5, 0.6) is 0 Å². The summed E-state index contributed by atoms with van der Waals surface area (Å²) in [4.78, 5) is 21.0. The topological polar surface area (TPSA) is 74.7 Å². The maximum absolute atomic E-state index is 13.2. The molecule has 2 heterocycles. The van der Waals surface area contributed by atoms with Crippen LogP contribution in [0.3, 0.4) is 0 Å². The molecule has 1 unspecified atom stereocenters. The number of benzene rings is 2. The smallest absolute Gasteiger partial charge is 0.258 e. The summed E-state index contributed by atoms with van der Waals surface area (Å²) < 4.78 is 1.86. The number of aromatic nitrogens is 3. The van der Waals surface area contributed by atoms with Gasteiger partial charge in [-0.25, -0.2) is 4.98 Å². The van der Waals surface area contributed by atoms with Crippen molar-refractivity contribution in [2.24, 2.45) is 13.0 Å². The molecule has 0 bridgehead atoms. The third-order valence-electron chi connectivity index (χ3n) is 6.04. The second-order valence-electron chi connectivity index (χ2n) is 8.48. The maximum Gasteiger partial charge on any atom is 0.258 e. The molecule has 1 atom stereocenters. The van der Waals surface area contributed by atoms with Gasteiger partial charge >= 0.3 is 0 Å². The summed E-state index contributed by atoms with van der Waals surface area (Å²) in [5.41, 5.74) is 3.68. The lowest BCUT2D eigenvalue weighted by atomic mass is 10.0. The lowest BCUT2D eigenvalue weighted by molar-refractivity contribution is 0.501. The van der Waals surface area contributed by atoms with Gasteiger partial charge in [-0.3, -0.25) is 4.79 Å². The monoisotopic (exact) mass is 483 g/mol. The van der Waals surface area contributed by atoms with E-state index in [0.717, 1.165) is 22.2 Å². The number of H-pyrrole nitrogens is 1. The third kappa shape index (κ3) is 4.26. The number of aryl methyl sites for hydroxylation is 2. The van der Waals surface area contributed by atoms with E-state index in [1.54, 1.807) is 18.2 Å². The van der Waals surface area contributed by atoms with Gasteiger partial charge in [-0.2, -0.15) is 0 Å². The van der Waals surface area contributed by atoms with Gasteiger partial charge in [-0.15, -0.1) is 0 Å². The average Bonchev–Trinajstić information content (AvgIpc) is 3.09. The molecule has 0 amide bonds. The fourth-order valence-corrected chi connectivity index (χ4v) is 4.62. The molecule has 0 saturated heterocycles. The molecule has 172 valence electrons. The number of pyridine rings is 1. The molecule has 0 spiro atoms. The van der Waals surface area contributed by atoms with Gasteiger partial charge in [-0.1, -0.05) is 55.3 Å². The highest BCUT2D eigenvalue weighted by Gasteiger charge is 2.17. The van der Waals surface area contributed by atoms with E-state index >= 15 is 0 Å². The van der Waals surface area contributed by atoms with Gasteiger partial charge in [0, 0.05) is 18.8 Å². The van der Waals surface area contributed by atoms with Crippen molar-refractivity contribution >= 4 is 62.7 Å². The van der Waals surface area contributed by atoms with Gasteiger partial charge in [-0.05, 0) is 55.1 Å². The van der Waals surface area contributed by atoms with Crippen molar-refractivity contribution in [1.82, 2.24) is 19.9 Å². The fraction of sp³-hybridized carbons (Fsp3) is 0.280. The van der Waals surface area contributed by atoms with E-state index in [1.165, 1.54) is 0 Å². The number of rotatable bonds is 6. The Morgan fingerprint density at radius 3 is 2.48 bits per heavy atom. The van der Waals surface area contributed by atoms with Crippen molar-refractivity contribution in [1.29, 1.82) is 0 Å². The zero-order valence-electron chi connectivity index (χ0n) is 19.3. The van der Waals surface area contributed by atoms with Crippen molar-refractivity contribution in [3.05, 3.63) is 68.1 Å². The Bertz CT molecular complexity index is 1410. The van der Waals surface area contributed by atoms with Crippen LogP contribution < -0.4 is 16.2 Å². The Morgan fingerprint density at radius 1 is 1.15 bits per heavy atom. The highest BCUT2D eigenvalue weighted by Crippen LogP contribution is 2.34. The number of fused-ring (bicyclic) bond motifs is 3. The Balaban J connectivity index is 1.86. The van der Waals surface area contributed by atoms with Crippen molar-refractivity contribution in [3.8, 4) is 0 Å². The van der Waals surface area contributed by atoms with E-state index in [9.17, 15) is 4.79 Å². The first-order valence-corrected chi connectivity index (χ1v) is 11.6. The first-order chi connectivity index (χ1) is 15.7. The molecule has 3 N–H and O–H groups in total. The first-order valence-electron chi connectivity index (χ1n) is 10.8. The third-order valence-corrected chi connectivity index (χ3v) is 6.67. The molecule has 4 aromatic rings. The van der Waals surface area contributed by atoms with Crippen LogP contribution in [-0.4, -0.2) is 27.6 Å². The van der Waals surface area contributed by atoms with Gasteiger partial charge in [0.25, 0.3) is 5.56 Å². The van der Waals surface area contributed by atoms with Crippen LogP contribution in [-0.2, 0) is 7.05 Å². The minimum absolute atomic E-state index is 0.156. The average molecular weight is 484 g/mol. The van der Waals surface area contributed by atoms with Crippen molar-refractivity contribution in [3.63, 3.8) is 0 Å². The molecule has 0 aliphatic carbocycles. The highest BCUT2D eigenvalue weighted by molar-refractivity contribution is 6.39. The number of halogens is 2. The minimum Gasteiger partial charge on any atom is -0.323 e. The van der Waals surface area contributed by atoms with Crippen LogP contribution in [0.2, 0.25) is 10.0 Å². The van der Waals surface area contributed by atoms with Crippen LogP contribution >= 0.6 is 23.2 Å². The number of hydrogen-bond donors (Lipinski definition) is 3. The van der Waals surface area contributed by atoms with Crippen LogP contribution in [0.15, 0.2) is 41.2 Å². The summed E-state index contributed by atoms with van der Waals surface area (Å²) in [6.45, 7) is 6.33. The number of likely N-dealkylation sites (N-methyl/N-ethyl adjacent to an activating group) is 1. The summed E-state index contributed by atoms with van der Waals surface area (Å²) >= 11 is 12.6. The number of nitrogens with one attached hydrogen (secondary N) is 3. The molecular formula is C25H27Cl2N5O. The summed E-state index contributed by atoms with van der Waals surface area (Å²) in [5, 5.41) is 8.98. The number of para-hydroxylation sites is 1. The van der Waals surface area contributed by atoms with E-state index < -0.39 is 0 Å². The normalized spacial score (nSPS) is 13.0. The molecule has 6 nitrogen and oxygen atoms in total. The molecule has 0 radical (unpaired) electrons. The summed E-state index contributed by atoms with van der Waals surface area (Å²) in [5.74, 6) is 0.979. The fourth-order valence-electron chi connectivity index (χ4n) is 4.13. The van der Waals surface area contributed by atoms with Crippen molar-refractivity contribution in [2.75, 3.05) is 12.4 Å². The van der Waals surface area contributed by atoms with Gasteiger partial charge in [0.05, 0.1) is 32.2 Å². The van der Waals surface area contributed by atoms with Crippen LogP contribution in [0, 0.1) is 12.8 Å². The molecule has 4 rings (SSSR count). The Hall–Kier alpha value is -2.80. The largest absolute Gasteiger partial charge is 0.323 e. The van der Waals surface area contributed by atoms with E-state index in [2.05, 4.69) is 40.5 Å². The van der Waals surface area contributed by atoms with E-state index in [0.29, 0.717) is 38.5 Å². The Kier molecular flexibility index (Phi) is 6.52. The van der Waals surface area contributed by atoms with E-state index in [4.69, 9.17) is 23.2 Å². The van der Waals surface area contributed by atoms with Crippen molar-refractivity contribution < 1.29 is 0 Å². The molecule has 33 heavy (non-hydrogen) atoms. The maximum atomic E-state index is 13.2. The zero-order valence-corrected chi connectivity index (χ0v) is 20.8. The standard InChI is InChI=1S/C25H27Cl2N5O/c1-13(2)18(28-4)11-12-19-14(3)15-9-10-20-23(21(15)24(33)29-19)32(5)25(30-20)31-22-16(26)7-6-8-17(22)27/h6-13,18,28H,1-5H3,(H,29,33)(H,30,31). The lowest BCUT2D eigenvalue weighted by Crippen LogP contribution is -2.28. The predicted molar refractivity (Wildman–Crippen MR) is 140 cm³/mol. The number of imidazole rings is 1. The molecule has 2 aromatic heterocycles. The van der Waals surface area contributed by atoms with Gasteiger partial charge in [0.1, 0.15) is 0 Å². The molecule has 0 aliphatic rings. The van der Waals surface area contributed by atoms with E-state index in [-0.39, 0.29) is 11.6 Å². The van der Waals surface area contributed by atoms with Crippen molar-refractivity contribution in [2.45, 2.75) is 26.8 Å². The quantitative estimate of drug-likeness (QED) is 0.312. The predicted octanol–water partition coefficient (Wildman–Crippen LogP) is 6.03. The number of anilines is 2.